The second-order valence-corrected chi connectivity index (χ2v) is 5.70. The van der Waals surface area contributed by atoms with Gasteiger partial charge in [0.25, 0.3) is 0 Å². The van der Waals surface area contributed by atoms with Gasteiger partial charge in [-0.05, 0) is 45.3 Å². The van der Waals surface area contributed by atoms with Crippen molar-refractivity contribution in [2.24, 2.45) is 5.73 Å². The third kappa shape index (κ3) is 14.3. The van der Waals surface area contributed by atoms with Crippen LogP contribution in [0.4, 0.5) is 0 Å². The number of hydrogen-bond donors (Lipinski definition) is 4. The van der Waals surface area contributed by atoms with Crippen molar-refractivity contribution in [3.63, 3.8) is 0 Å². The van der Waals surface area contributed by atoms with E-state index in [2.05, 4.69) is 10.6 Å². The summed E-state index contributed by atoms with van der Waals surface area (Å²) in [5.41, 5.74) is 5.43. The van der Waals surface area contributed by atoms with Gasteiger partial charge in [-0.25, -0.2) is 0 Å². The molecule has 0 aliphatic carbocycles. The average molecular weight is 316 g/mol. The van der Waals surface area contributed by atoms with Crippen LogP contribution in [0, 0.1) is 0 Å². The van der Waals surface area contributed by atoms with E-state index in [-0.39, 0.29) is 12.5 Å². The smallest absolute Gasteiger partial charge is 0.222 e. The Balaban J connectivity index is 3.30. The van der Waals surface area contributed by atoms with Crippen LogP contribution in [0.25, 0.3) is 0 Å². The van der Waals surface area contributed by atoms with Crippen molar-refractivity contribution in [1.29, 1.82) is 0 Å². The van der Waals surface area contributed by atoms with Crippen LogP contribution in [-0.2, 0) is 4.79 Å². The van der Waals surface area contributed by atoms with E-state index in [4.69, 9.17) is 10.8 Å². The molecule has 0 saturated heterocycles. The molecule has 0 aromatic carbocycles. The third-order valence-electron chi connectivity index (χ3n) is 3.64. The maximum Gasteiger partial charge on any atom is 0.222 e. The lowest BCUT2D eigenvalue weighted by atomic mass is 10.2. The van der Waals surface area contributed by atoms with Gasteiger partial charge in [0.15, 0.2) is 0 Å². The highest BCUT2D eigenvalue weighted by atomic mass is 16.3. The van der Waals surface area contributed by atoms with Crippen LogP contribution in [0.1, 0.15) is 44.9 Å². The number of rotatable bonds is 16. The van der Waals surface area contributed by atoms with Crippen molar-refractivity contribution < 1.29 is 9.90 Å². The Bertz CT molecular complexity index is 252. The summed E-state index contributed by atoms with van der Waals surface area (Å²) < 4.78 is 0. The van der Waals surface area contributed by atoms with E-state index < -0.39 is 0 Å². The van der Waals surface area contributed by atoms with Gasteiger partial charge in [-0.15, -0.1) is 0 Å². The molecule has 0 radical (unpaired) electrons. The van der Waals surface area contributed by atoms with Gasteiger partial charge in [0.05, 0.1) is 6.61 Å². The number of likely N-dealkylation sites (N-methyl/N-ethyl adjacent to an activating group) is 1. The quantitative estimate of drug-likeness (QED) is 0.308. The Kier molecular flexibility index (Phi) is 16.2. The molecule has 0 aromatic heterocycles. The Morgan fingerprint density at radius 1 is 0.955 bits per heavy atom. The number of carbonyl (C=O) groups excluding carboxylic acids is 1. The van der Waals surface area contributed by atoms with E-state index in [1.54, 1.807) is 0 Å². The fraction of sp³-hybridized carbons (Fsp3) is 0.938. The number of hydrogen-bond acceptors (Lipinski definition) is 5. The van der Waals surface area contributed by atoms with Crippen LogP contribution >= 0.6 is 0 Å². The molecule has 0 rings (SSSR count). The minimum Gasteiger partial charge on any atom is -0.395 e. The maximum absolute atomic E-state index is 11.8. The minimum absolute atomic E-state index is 0.209. The number of aliphatic hydroxyl groups excluding tert-OH is 1. The standard InChI is InChI=1S/C16H36N4O2/c1-20(16(22)8-4-2-5-9-17)14-12-18-10-6-3-7-11-19-13-15-21/h18-19,21H,2-15,17H2,1H3. The first-order valence-electron chi connectivity index (χ1n) is 8.68. The van der Waals surface area contributed by atoms with Crippen molar-refractivity contribution in [2.75, 3.05) is 52.9 Å². The Morgan fingerprint density at radius 3 is 2.23 bits per heavy atom. The molecular weight excluding hydrogens is 280 g/mol. The van der Waals surface area contributed by atoms with Crippen molar-refractivity contribution in [3.05, 3.63) is 0 Å². The molecule has 1 amide bonds. The molecular formula is C16H36N4O2. The summed E-state index contributed by atoms with van der Waals surface area (Å²) in [6.45, 7) is 5.21. The van der Waals surface area contributed by atoms with Gasteiger partial charge < -0.3 is 26.4 Å². The predicted octanol–water partition coefficient (Wildman–Crippen LogP) is 0.306. The van der Waals surface area contributed by atoms with Crippen LogP contribution in [0.2, 0.25) is 0 Å². The van der Waals surface area contributed by atoms with Gasteiger partial charge in [0, 0.05) is 33.1 Å². The van der Waals surface area contributed by atoms with E-state index in [9.17, 15) is 4.79 Å². The molecule has 5 N–H and O–H groups in total. The number of carbonyl (C=O) groups is 1. The summed E-state index contributed by atoms with van der Waals surface area (Å²) in [6, 6.07) is 0. The molecule has 0 saturated carbocycles. The van der Waals surface area contributed by atoms with Crippen molar-refractivity contribution >= 4 is 5.91 Å². The van der Waals surface area contributed by atoms with E-state index in [0.29, 0.717) is 19.5 Å². The third-order valence-corrected chi connectivity index (χ3v) is 3.64. The highest BCUT2D eigenvalue weighted by molar-refractivity contribution is 5.75. The van der Waals surface area contributed by atoms with Gasteiger partial charge in [-0.3, -0.25) is 4.79 Å². The number of amides is 1. The molecule has 6 heteroatoms. The molecule has 0 fully saturated rings. The maximum atomic E-state index is 11.8. The highest BCUT2D eigenvalue weighted by Gasteiger charge is 2.07. The van der Waals surface area contributed by atoms with Gasteiger partial charge in [-0.2, -0.15) is 0 Å². The van der Waals surface area contributed by atoms with Crippen LogP contribution < -0.4 is 16.4 Å². The SMILES string of the molecule is CN(CCNCCCCCNCCO)C(=O)CCCCCN. The Labute approximate surface area is 135 Å². The zero-order valence-corrected chi connectivity index (χ0v) is 14.3. The van der Waals surface area contributed by atoms with E-state index >= 15 is 0 Å². The van der Waals surface area contributed by atoms with Crippen LogP contribution in [-0.4, -0.2) is 68.8 Å². The van der Waals surface area contributed by atoms with Gasteiger partial charge >= 0.3 is 0 Å². The van der Waals surface area contributed by atoms with Gasteiger partial charge in [0.2, 0.25) is 5.91 Å². The number of nitrogens with zero attached hydrogens (tertiary/aromatic N) is 1. The summed E-state index contributed by atoms with van der Waals surface area (Å²) in [5, 5.41) is 15.2. The first-order valence-corrected chi connectivity index (χ1v) is 8.68. The summed E-state index contributed by atoms with van der Waals surface area (Å²) in [4.78, 5) is 13.7. The number of nitrogens with two attached hydrogens (primary N) is 1. The van der Waals surface area contributed by atoms with E-state index in [0.717, 1.165) is 58.3 Å². The lowest BCUT2D eigenvalue weighted by Gasteiger charge is -2.17. The molecule has 0 spiro atoms. The topological polar surface area (TPSA) is 90.6 Å². The molecule has 0 aliphatic rings. The molecule has 0 bridgehead atoms. The van der Waals surface area contributed by atoms with Gasteiger partial charge in [0.1, 0.15) is 0 Å². The Hall–Kier alpha value is -0.690. The zero-order chi connectivity index (χ0) is 16.5. The highest BCUT2D eigenvalue weighted by Crippen LogP contribution is 2.01. The fourth-order valence-electron chi connectivity index (χ4n) is 2.17. The lowest BCUT2D eigenvalue weighted by Crippen LogP contribution is -2.34. The molecule has 0 aliphatic heterocycles. The summed E-state index contributed by atoms with van der Waals surface area (Å²) >= 11 is 0. The largest absolute Gasteiger partial charge is 0.395 e. The van der Waals surface area contributed by atoms with Gasteiger partial charge in [-0.1, -0.05) is 12.8 Å². The van der Waals surface area contributed by atoms with Crippen LogP contribution in [0.5, 0.6) is 0 Å². The minimum atomic E-state index is 0.209. The number of nitrogens with one attached hydrogen (secondary N) is 2. The molecule has 132 valence electrons. The van der Waals surface area contributed by atoms with Crippen molar-refractivity contribution in [2.45, 2.75) is 44.9 Å². The van der Waals surface area contributed by atoms with E-state index in [1.165, 1.54) is 6.42 Å². The first kappa shape index (κ1) is 21.3. The summed E-state index contributed by atoms with van der Waals surface area (Å²) in [5.74, 6) is 0.230. The van der Waals surface area contributed by atoms with E-state index in [1.807, 2.05) is 11.9 Å². The molecule has 0 heterocycles. The number of aliphatic hydroxyl groups is 1. The monoisotopic (exact) mass is 316 g/mol. The fourth-order valence-corrected chi connectivity index (χ4v) is 2.17. The molecule has 0 aromatic rings. The Morgan fingerprint density at radius 2 is 1.59 bits per heavy atom. The first-order chi connectivity index (χ1) is 10.7. The summed E-state index contributed by atoms with van der Waals surface area (Å²) in [6.07, 6.45) is 7.10. The van der Waals surface area contributed by atoms with Crippen molar-refractivity contribution in [3.8, 4) is 0 Å². The second-order valence-electron chi connectivity index (χ2n) is 5.70. The molecule has 22 heavy (non-hydrogen) atoms. The number of unbranched alkanes of at least 4 members (excludes halogenated alkanes) is 4. The van der Waals surface area contributed by atoms with Crippen LogP contribution in [0.15, 0.2) is 0 Å². The molecule has 0 unspecified atom stereocenters. The van der Waals surface area contributed by atoms with Crippen LogP contribution in [0.3, 0.4) is 0 Å². The second kappa shape index (κ2) is 16.7. The normalized spacial score (nSPS) is 10.9. The van der Waals surface area contributed by atoms with Crippen molar-refractivity contribution in [1.82, 2.24) is 15.5 Å². The molecule has 0 atom stereocenters. The molecule has 6 nitrogen and oxygen atoms in total. The predicted molar refractivity (Wildman–Crippen MR) is 91.8 cm³/mol. The average Bonchev–Trinajstić information content (AvgIpc) is 2.53. The lowest BCUT2D eigenvalue weighted by molar-refractivity contribution is -0.129. The summed E-state index contributed by atoms with van der Waals surface area (Å²) in [7, 11) is 1.87. The zero-order valence-electron chi connectivity index (χ0n) is 14.3.